The molecule has 1 unspecified atom stereocenters. The van der Waals surface area contributed by atoms with Crippen molar-refractivity contribution in [1.29, 1.82) is 0 Å². The van der Waals surface area contributed by atoms with E-state index in [-0.39, 0.29) is 10.8 Å². The number of hydrogen-bond donors (Lipinski definition) is 1. The zero-order chi connectivity index (χ0) is 19.3. The van der Waals surface area contributed by atoms with E-state index in [0.29, 0.717) is 16.7 Å². The van der Waals surface area contributed by atoms with Crippen molar-refractivity contribution in [1.82, 2.24) is 24.6 Å². The topological polar surface area (TPSA) is 75.9 Å². The molecule has 7 heteroatoms. The number of nitrogens with one attached hydrogen (secondary N) is 1. The van der Waals surface area contributed by atoms with E-state index >= 15 is 0 Å². The van der Waals surface area contributed by atoms with Gasteiger partial charge in [-0.2, -0.15) is 0 Å². The number of aromatic amines is 1. The second kappa shape index (κ2) is 6.45. The summed E-state index contributed by atoms with van der Waals surface area (Å²) < 4.78 is 2.06. The summed E-state index contributed by atoms with van der Waals surface area (Å²) in [7, 11) is 0. The predicted octanol–water partition coefficient (Wildman–Crippen LogP) is 4.28. The van der Waals surface area contributed by atoms with Crippen LogP contribution in [0.15, 0.2) is 64.5 Å². The van der Waals surface area contributed by atoms with Gasteiger partial charge in [-0.25, -0.2) is 4.98 Å². The van der Waals surface area contributed by atoms with Gasteiger partial charge in [0.2, 0.25) is 0 Å². The number of thioether (sulfide) groups is 1. The van der Waals surface area contributed by atoms with Gasteiger partial charge in [-0.1, -0.05) is 42.1 Å². The maximum Gasteiger partial charge on any atom is 0.258 e. The van der Waals surface area contributed by atoms with E-state index in [1.807, 2.05) is 43.3 Å². The Morgan fingerprint density at radius 2 is 1.79 bits per heavy atom. The van der Waals surface area contributed by atoms with Crippen LogP contribution in [0.2, 0.25) is 0 Å². The lowest BCUT2D eigenvalue weighted by Gasteiger charge is -2.11. The molecule has 0 aliphatic carbocycles. The van der Waals surface area contributed by atoms with Gasteiger partial charge in [0.25, 0.3) is 5.56 Å². The fourth-order valence-electron chi connectivity index (χ4n) is 3.46. The smallest absolute Gasteiger partial charge is 0.258 e. The third-order valence-corrected chi connectivity index (χ3v) is 5.92. The number of nitrogens with zero attached hydrogens (tertiary/aromatic N) is 4. The highest BCUT2D eigenvalue weighted by atomic mass is 32.2. The van der Waals surface area contributed by atoms with Crippen molar-refractivity contribution in [2.75, 3.05) is 0 Å². The van der Waals surface area contributed by atoms with Crippen molar-refractivity contribution in [3.05, 3.63) is 76.3 Å². The van der Waals surface area contributed by atoms with Crippen LogP contribution in [0.3, 0.4) is 0 Å². The molecule has 0 amide bonds. The molecule has 0 fully saturated rings. The van der Waals surface area contributed by atoms with Crippen molar-refractivity contribution in [2.45, 2.75) is 24.3 Å². The standard InChI is InChI=1S/C21H17N5OS/c1-12-11-18-24-25-21(26(18)17-10-6-4-7-14(12)17)28-13(2)19-22-16-9-5-3-8-15(16)20(27)23-19/h3-11,13H,1-2H3,(H,22,23,27). The Bertz CT molecular complexity index is 1400. The first-order chi connectivity index (χ1) is 13.6. The van der Waals surface area contributed by atoms with E-state index < -0.39 is 0 Å². The summed E-state index contributed by atoms with van der Waals surface area (Å²) in [6.07, 6.45) is 0. The third kappa shape index (κ3) is 2.66. The SMILES string of the molecule is Cc1cc2nnc(SC(C)c3nc4ccccc4c(=O)[nH]3)n2c2ccccc12. The van der Waals surface area contributed by atoms with Crippen molar-refractivity contribution < 1.29 is 0 Å². The molecule has 3 aromatic heterocycles. The minimum atomic E-state index is -0.125. The van der Waals surface area contributed by atoms with E-state index in [1.165, 1.54) is 22.7 Å². The van der Waals surface area contributed by atoms with Gasteiger partial charge >= 0.3 is 0 Å². The molecule has 0 saturated heterocycles. The summed E-state index contributed by atoms with van der Waals surface area (Å²) in [5.74, 6) is 0.627. The van der Waals surface area contributed by atoms with Crippen LogP contribution in [-0.4, -0.2) is 24.6 Å². The molecule has 1 atom stereocenters. The normalized spacial score (nSPS) is 12.8. The summed E-state index contributed by atoms with van der Waals surface area (Å²) in [6, 6.07) is 17.6. The molecule has 2 aromatic carbocycles. The number of fused-ring (bicyclic) bond motifs is 4. The minimum Gasteiger partial charge on any atom is -0.309 e. The van der Waals surface area contributed by atoms with E-state index in [0.717, 1.165) is 16.3 Å². The predicted molar refractivity (Wildman–Crippen MR) is 112 cm³/mol. The minimum absolute atomic E-state index is 0.0928. The average Bonchev–Trinajstić information content (AvgIpc) is 3.10. The number of hydrogen-bond acceptors (Lipinski definition) is 5. The Hall–Kier alpha value is -3.19. The Morgan fingerprint density at radius 1 is 1.04 bits per heavy atom. The van der Waals surface area contributed by atoms with Gasteiger partial charge in [0.05, 0.1) is 21.7 Å². The zero-order valence-corrected chi connectivity index (χ0v) is 16.2. The number of aryl methyl sites for hydroxylation is 1. The van der Waals surface area contributed by atoms with Crippen LogP contribution in [0.5, 0.6) is 0 Å². The quantitative estimate of drug-likeness (QED) is 0.468. The molecule has 3 heterocycles. The summed E-state index contributed by atoms with van der Waals surface area (Å²) in [6.45, 7) is 4.09. The van der Waals surface area contributed by atoms with Crippen LogP contribution >= 0.6 is 11.8 Å². The fourth-order valence-corrected chi connectivity index (χ4v) is 4.39. The van der Waals surface area contributed by atoms with Crippen molar-refractivity contribution >= 4 is 39.2 Å². The van der Waals surface area contributed by atoms with Gasteiger partial charge in [-0.05, 0) is 43.7 Å². The van der Waals surface area contributed by atoms with Crippen LogP contribution in [0.4, 0.5) is 0 Å². The summed E-state index contributed by atoms with van der Waals surface area (Å²) in [5.41, 5.74) is 3.62. The summed E-state index contributed by atoms with van der Waals surface area (Å²) in [4.78, 5) is 19.9. The van der Waals surface area contributed by atoms with Gasteiger partial charge in [0, 0.05) is 5.39 Å². The zero-order valence-electron chi connectivity index (χ0n) is 15.4. The Morgan fingerprint density at radius 3 is 2.64 bits per heavy atom. The maximum atomic E-state index is 12.4. The van der Waals surface area contributed by atoms with Gasteiger partial charge in [0.15, 0.2) is 10.8 Å². The molecule has 5 aromatic rings. The van der Waals surface area contributed by atoms with E-state index in [9.17, 15) is 4.79 Å². The molecule has 5 rings (SSSR count). The highest BCUT2D eigenvalue weighted by Gasteiger charge is 2.17. The molecule has 0 bridgehead atoms. The van der Waals surface area contributed by atoms with Crippen LogP contribution in [-0.2, 0) is 0 Å². The molecule has 6 nitrogen and oxygen atoms in total. The largest absolute Gasteiger partial charge is 0.309 e. The van der Waals surface area contributed by atoms with Crippen LogP contribution < -0.4 is 5.56 Å². The number of pyridine rings is 1. The number of para-hydroxylation sites is 2. The molecule has 0 spiro atoms. The van der Waals surface area contributed by atoms with Gasteiger partial charge in [0.1, 0.15) is 5.82 Å². The lowest BCUT2D eigenvalue weighted by molar-refractivity contribution is 0.892. The molecule has 28 heavy (non-hydrogen) atoms. The van der Waals surface area contributed by atoms with Crippen molar-refractivity contribution in [3.8, 4) is 0 Å². The first-order valence-corrected chi connectivity index (χ1v) is 9.89. The first-order valence-electron chi connectivity index (χ1n) is 9.01. The van der Waals surface area contributed by atoms with Gasteiger partial charge < -0.3 is 4.98 Å². The highest BCUT2D eigenvalue weighted by molar-refractivity contribution is 7.99. The lowest BCUT2D eigenvalue weighted by Crippen LogP contribution is -2.12. The van der Waals surface area contributed by atoms with Crippen LogP contribution in [0, 0.1) is 6.92 Å². The lowest BCUT2D eigenvalue weighted by atomic mass is 10.1. The third-order valence-electron chi connectivity index (χ3n) is 4.87. The Labute approximate surface area is 164 Å². The highest BCUT2D eigenvalue weighted by Crippen LogP contribution is 2.34. The second-order valence-electron chi connectivity index (χ2n) is 6.75. The summed E-state index contributed by atoms with van der Waals surface area (Å²) in [5, 5.41) is 11.2. The van der Waals surface area contributed by atoms with Gasteiger partial charge in [-0.15, -0.1) is 10.2 Å². The van der Waals surface area contributed by atoms with Crippen LogP contribution in [0.25, 0.3) is 27.5 Å². The monoisotopic (exact) mass is 387 g/mol. The Balaban J connectivity index is 1.61. The maximum absolute atomic E-state index is 12.4. The van der Waals surface area contributed by atoms with E-state index in [4.69, 9.17) is 0 Å². The molecular weight excluding hydrogens is 370 g/mol. The molecule has 0 aliphatic heterocycles. The van der Waals surface area contributed by atoms with Crippen LogP contribution in [0.1, 0.15) is 23.6 Å². The number of rotatable bonds is 3. The molecule has 0 saturated carbocycles. The van der Waals surface area contributed by atoms with Gasteiger partial charge in [-0.3, -0.25) is 9.20 Å². The molecule has 138 valence electrons. The fraction of sp³-hybridized carbons (Fsp3) is 0.143. The molecule has 0 aliphatic rings. The van der Waals surface area contributed by atoms with E-state index in [1.54, 1.807) is 6.07 Å². The molecule has 1 N–H and O–H groups in total. The number of benzene rings is 2. The van der Waals surface area contributed by atoms with E-state index in [2.05, 4.69) is 43.6 Å². The summed E-state index contributed by atoms with van der Waals surface area (Å²) >= 11 is 1.53. The van der Waals surface area contributed by atoms with Crippen molar-refractivity contribution in [2.24, 2.45) is 0 Å². The van der Waals surface area contributed by atoms with Crippen molar-refractivity contribution in [3.63, 3.8) is 0 Å². The number of aromatic nitrogens is 5. The Kier molecular flexibility index (Phi) is 3.91. The first kappa shape index (κ1) is 16.9. The second-order valence-corrected chi connectivity index (χ2v) is 8.06. The number of H-pyrrole nitrogens is 1. The molecular formula is C21H17N5OS. The molecule has 0 radical (unpaired) electrons. The average molecular weight is 387 g/mol.